The number of nitrogens with zero attached hydrogens (tertiary/aromatic N) is 6. The van der Waals surface area contributed by atoms with E-state index in [0.29, 0.717) is 29.1 Å². The molecular formula is C18H17N7O. The molecule has 5 rings (SSSR count). The van der Waals surface area contributed by atoms with Gasteiger partial charge in [-0.1, -0.05) is 34.6 Å². The second-order valence-electron chi connectivity index (χ2n) is 6.42. The summed E-state index contributed by atoms with van der Waals surface area (Å²) in [5.74, 6) is 0.796. The molecule has 4 aromatic rings. The van der Waals surface area contributed by atoms with E-state index in [4.69, 9.17) is 4.52 Å². The molecule has 1 aliphatic rings. The van der Waals surface area contributed by atoms with Gasteiger partial charge in [0.25, 0.3) is 5.89 Å². The third-order valence-corrected chi connectivity index (χ3v) is 4.64. The highest BCUT2D eigenvalue weighted by atomic mass is 16.5. The van der Waals surface area contributed by atoms with E-state index in [1.165, 1.54) is 6.42 Å². The van der Waals surface area contributed by atoms with Gasteiger partial charge in [0, 0.05) is 17.6 Å². The van der Waals surface area contributed by atoms with E-state index in [2.05, 4.69) is 30.8 Å². The molecule has 1 aliphatic heterocycles. The highest BCUT2D eigenvalue weighted by molar-refractivity contribution is 5.92. The zero-order valence-corrected chi connectivity index (χ0v) is 14.0. The van der Waals surface area contributed by atoms with Gasteiger partial charge in [-0.25, -0.2) is 0 Å². The number of fused-ring (bicyclic) bond motifs is 1. The lowest BCUT2D eigenvalue weighted by Crippen LogP contribution is -2.26. The summed E-state index contributed by atoms with van der Waals surface area (Å²) in [4.78, 5) is 8.90. The fourth-order valence-electron chi connectivity index (χ4n) is 3.35. The van der Waals surface area contributed by atoms with Crippen LogP contribution in [0.3, 0.4) is 0 Å². The second-order valence-corrected chi connectivity index (χ2v) is 6.42. The van der Waals surface area contributed by atoms with Gasteiger partial charge in [0.1, 0.15) is 5.69 Å². The molecule has 1 atom stereocenters. The minimum atomic E-state index is 0.348. The Morgan fingerprint density at radius 2 is 2.19 bits per heavy atom. The number of benzene rings is 1. The van der Waals surface area contributed by atoms with Gasteiger partial charge in [0.15, 0.2) is 5.69 Å². The molecule has 1 fully saturated rings. The Morgan fingerprint density at radius 1 is 1.23 bits per heavy atom. The van der Waals surface area contributed by atoms with Crippen LogP contribution in [0.1, 0.15) is 12.8 Å². The van der Waals surface area contributed by atoms with Crippen molar-refractivity contribution in [2.75, 3.05) is 6.54 Å². The largest absolute Gasteiger partial charge is 0.332 e. The first-order chi connectivity index (χ1) is 12.9. The summed E-state index contributed by atoms with van der Waals surface area (Å²) in [6, 6.07) is 10.4. The number of aromatic nitrogens is 6. The lowest BCUT2D eigenvalue weighted by molar-refractivity contribution is 0.431. The molecule has 4 heterocycles. The Hall–Kier alpha value is -3.13. The zero-order chi connectivity index (χ0) is 17.3. The summed E-state index contributed by atoms with van der Waals surface area (Å²) in [5.41, 5.74) is 1.27. The third kappa shape index (κ3) is 2.74. The van der Waals surface area contributed by atoms with Crippen LogP contribution in [0.5, 0.6) is 0 Å². The maximum absolute atomic E-state index is 5.40. The molecule has 0 saturated carbocycles. The van der Waals surface area contributed by atoms with E-state index in [1.54, 1.807) is 6.20 Å². The summed E-state index contributed by atoms with van der Waals surface area (Å²) in [6.45, 7) is 1.86. The summed E-state index contributed by atoms with van der Waals surface area (Å²) in [5, 5.41) is 17.9. The maximum Gasteiger partial charge on any atom is 0.280 e. The van der Waals surface area contributed by atoms with Gasteiger partial charge in [-0.15, -0.1) is 5.10 Å². The van der Waals surface area contributed by atoms with E-state index in [9.17, 15) is 0 Å². The lowest BCUT2D eigenvalue weighted by atomic mass is 10.1. The van der Waals surface area contributed by atoms with E-state index >= 15 is 0 Å². The second kappa shape index (κ2) is 6.30. The average molecular weight is 347 g/mol. The molecule has 8 nitrogen and oxygen atoms in total. The molecule has 26 heavy (non-hydrogen) atoms. The molecule has 0 radical (unpaired) electrons. The van der Waals surface area contributed by atoms with Crippen LogP contribution < -0.4 is 5.32 Å². The van der Waals surface area contributed by atoms with Crippen molar-refractivity contribution >= 4 is 10.8 Å². The number of rotatable bonds is 4. The van der Waals surface area contributed by atoms with E-state index < -0.39 is 0 Å². The van der Waals surface area contributed by atoms with E-state index in [0.717, 1.165) is 30.3 Å². The number of hydrogen-bond acceptors (Lipinski definition) is 7. The zero-order valence-electron chi connectivity index (χ0n) is 14.0. The van der Waals surface area contributed by atoms with Crippen molar-refractivity contribution in [3.63, 3.8) is 0 Å². The molecule has 0 unspecified atom stereocenters. The van der Waals surface area contributed by atoms with Crippen LogP contribution in [0, 0.1) is 0 Å². The third-order valence-electron chi connectivity index (χ3n) is 4.64. The Morgan fingerprint density at radius 3 is 3.12 bits per heavy atom. The van der Waals surface area contributed by atoms with Crippen molar-refractivity contribution in [2.45, 2.75) is 25.4 Å². The number of pyridine rings is 1. The molecule has 1 saturated heterocycles. The Bertz CT molecular complexity index is 1040. The first-order valence-electron chi connectivity index (χ1n) is 8.68. The molecule has 3 aromatic heterocycles. The molecule has 8 heteroatoms. The first-order valence-corrected chi connectivity index (χ1v) is 8.68. The van der Waals surface area contributed by atoms with Crippen molar-refractivity contribution in [1.29, 1.82) is 0 Å². The minimum absolute atomic E-state index is 0.348. The lowest BCUT2D eigenvalue weighted by Gasteiger charge is -2.08. The smallest absolute Gasteiger partial charge is 0.280 e. The predicted octanol–water partition coefficient (Wildman–Crippen LogP) is 2.30. The normalized spacial score (nSPS) is 17.2. The Labute approximate surface area is 149 Å². The van der Waals surface area contributed by atoms with Crippen molar-refractivity contribution in [3.05, 3.63) is 42.7 Å². The van der Waals surface area contributed by atoms with Gasteiger partial charge >= 0.3 is 0 Å². The van der Waals surface area contributed by atoms with Crippen LogP contribution in [0.4, 0.5) is 0 Å². The number of nitrogens with one attached hydrogen (secondary N) is 1. The van der Waals surface area contributed by atoms with Gasteiger partial charge in [0.05, 0.1) is 12.7 Å². The molecule has 0 amide bonds. The first kappa shape index (κ1) is 15.2. The topological polar surface area (TPSA) is 94.6 Å². The van der Waals surface area contributed by atoms with Crippen LogP contribution >= 0.6 is 0 Å². The van der Waals surface area contributed by atoms with Crippen molar-refractivity contribution in [1.82, 2.24) is 35.4 Å². The Kier molecular flexibility index (Phi) is 3.67. The molecule has 0 bridgehead atoms. The molecule has 1 N–H and O–H groups in total. The van der Waals surface area contributed by atoms with Crippen molar-refractivity contribution in [3.8, 4) is 23.1 Å². The van der Waals surface area contributed by atoms with Gasteiger partial charge in [-0.2, -0.15) is 4.98 Å². The van der Waals surface area contributed by atoms with E-state index in [-0.39, 0.29) is 0 Å². The standard InChI is InChI=1S/C18H17N7O/c1-2-6-14-12(4-1)7-9-20-16(14)17-21-18(26-23-17)15-11-25(24-22-15)10-13-5-3-8-19-13/h1-2,4,6-7,9,11,13,19H,3,5,8,10H2/t13-/m0/s1. The van der Waals surface area contributed by atoms with Gasteiger partial charge < -0.3 is 9.84 Å². The summed E-state index contributed by atoms with van der Waals surface area (Å²) in [6.07, 6.45) is 5.95. The summed E-state index contributed by atoms with van der Waals surface area (Å²) in [7, 11) is 0. The van der Waals surface area contributed by atoms with Crippen LogP contribution in [0.25, 0.3) is 33.9 Å². The van der Waals surface area contributed by atoms with Crippen LogP contribution in [0.2, 0.25) is 0 Å². The van der Waals surface area contributed by atoms with Crippen LogP contribution in [0.15, 0.2) is 47.2 Å². The van der Waals surface area contributed by atoms with Crippen molar-refractivity contribution in [2.24, 2.45) is 0 Å². The average Bonchev–Trinajstić information content (AvgIpc) is 3.43. The van der Waals surface area contributed by atoms with Crippen LogP contribution in [-0.4, -0.2) is 42.7 Å². The van der Waals surface area contributed by atoms with Crippen molar-refractivity contribution < 1.29 is 4.52 Å². The molecular weight excluding hydrogens is 330 g/mol. The van der Waals surface area contributed by atoms with Gasteiger partial charge in [-0.3, -0.25) is 9.67 Å². The van der Waals surface area contributed by atoms with Gasteiger partial charge in [-0.05, 0) is 30.8 Å². The maximum atomic E-state index is 5.40. The molecule has 0 spiro atoms. The fraction of sp³-hybridized carbons (Fsp3) is 0.278. The molecule has 0 aliphatic carbocycles. The molecule has 1 aromatic carbocycles. The predicted molar refractivity (Wildman–Crippen MR) is 95.1 cm³/mol. The van der Waals surface area contributed by atoms with Gasteiger partial charge in [0.2, 0.25) is 5.82 Å². The quantitative estimate of drug-likeness (QED) is 0.605. The fourth-order valence-corrected chi connectivity index (χ4v) is 3.35. The van der Waals surface area contributed by atoms with E-state index in [1.807, 2.05) is 41.2 Å². The number of hydrogen-bond donors (Lipinski definition) is 1. The highest BCUT2D eigenvalue weighted by Crippen LogP contribution is 2.26. The molecule has 130 valence electrons. The SMILES string of the molecule is c1ccc2c(-c3noc(-c4cn(C[C@@H]5CCCN5)nn4)n3)nccc2c1. The summed E-state index contributed by atoms with van der Waals surface area (Å²) < 4.78 is 7.22. The summed E-state index contributed by atoms with van der Waals surface area (Å²) >= 11 is 0. The Balaban J connectivity index is 1.44. The minimum Gasteiger partial charge on any atom is -0.332 e. The highest BCUT2D eigenvalue weighted by Gasteiger charge is 2.19. The monoisotopic (exact) mass is 347 g/mol. The van der Waals surface area contributed by atoms with Crippen LogP contribution in [-0.2, 0) is 6.54 Å².